The molecule has 0 radical (unpaired) electrons. The molecule has 0 aliphatic carbocycles. The largest absolute Gasteiger partial charge is 0.495 e. The highest BCUT2D eigenvalue weighted by Gasteiger charge is 2.44. The zero-order valence-electron chi connectivity index (χ0n) is 18.4. The summed E-state index contributed by atoms with van der Waals surface area (Å²) in [5, 5.41) is 1.88. The summed E-state index contributed by atoms with van der Waals surface area (Å²) in [4.78, 5) is 15.1. The highest BCUT2D eigenvalue weighted by Crippen LogP contribution is 2.38. The highest BCUT2D eigenvalue weighted by molar-refractivity contribution is 6.03. The minimum atomic E-state index is -0.469. The summed E-state index contributed by atoms with van der Waals surface area (Å²) < 4.78 is 21.0. The second-order valence-corrected chi connectivity index (χ2v) is 8.32. The molecule has 2 aliphatic heterocycles. The molecular formula is C25H25FN4O2. The van der Waals surface area contributed by atoms with E-state index in [4.69, 9.17) is 14.6 Å². The van der Waals surface area contributed by atoms with E-state index in [0.29, 0.717) is 13.2 Å². The van der Waals surface area contributed by atoms with Crippen LogP contribution in [-0.2, 0) is 10.4 Å². The lowest BCUT2D eigenvalue weighted by Crippen LogP contribution is -2.47. The van der Waals surface area contributed by atoms with E-state index >= 15 is 0 Å². The quantitative estimate of drug-likeness (QED) is 0.601. The molecule has 2 aromatic carbocycles. The van der Waals surface area contributed by atoms with Crippen molar-refractivity contribution in [1.29, 1.82) is 0 Å². The fourth-order valence-electron chi connectivity index (χ4n) is 4.29. The van der Waals surface area contributed by atoms with Gasteiger partial charge in [0.25, 0.3) is 0 Å². The van der Waals surface area contributed by atoms with Gasteiger partial charge < -0.3 is 9.30 Å². The maximum absolute atomic E-state index is 13.4. The van der Waals surface area contributed by atoms with Crippen molar-refractivity contribution in [2.24, 2.45) is 4.99 Å². The van der Waals surface area contributed by atoms with E-state index < -0.39 is 5.54 Å². The third-order valence-corrected chi connectivity index (χ3v) is 6.06. The number of imidazole rings is 1. The molecule has 164 valence electrons. The molecule has 32 heavy (non-hydrogen) atoms. The molecule has 0 saturated carbocycles. The van der Waals surface area contributed by atoms with Crippen LogP contribution in [0.15, 0.2) is 65.6 Å². The number of ether oxygens (including phenoxy) is 1. The Morgan fingerprint density at radius 1 is 1.19 bits per heavy atom. The number of hydrogen-bond acceptors (Lipinski definition) is 5. The second kappa shape index (κ2) is 7.91. The average Bonchev–Trinajstić information content (AvgIpc) is 3.39. The molecule has 3 heterocycles. The van der Waals surface area contributed by atoms with E-state index in [1.165, 1.54) is 12.1 Å². The molecule has 5 rings (SSSR count). The molecule has 0 spiro atoms. The number of fused-ring (bicyclic) bond motifs is 1. The van der Waals surface area contributed by atoms with Gasteiger partial charge in [0.15, 0.2) is 5.84 Å². The van der Waals surface area contributed by atoms with Gasteiger partial charge in [-0.1, -0.05) is 18.2 Å². The summed E-state index contributed by atoms with van der Waals surface area (Å²) in [5.41, 5.74) is 4.52. The Morgan fingerprint density at radius 2 is 2.00 bits per heavy atom. The molecular weight excluding hydrogens is 407 g/mol. The Labute approximate surface area is 186 Å². The lowest BCUT2D eigenvalue weighted by molar-refractivity contribution is -0.160. The zero-order valence-corrected chi connectivity index (χ0v) is 18.4. The first kappa shape index (κ1) is 20.5. The van der Waals surface area contributed by atoms with E-state index in [1.54, 1.807) is 25.6 Å². The standard InChI is InChI=1S/C25H25FN4O2/c1-17-14-29(16-28-17)22-9-4-18(13-23(22)31-3)12-19-10-11-32-30-24(19)27-15-25(30,2)20-5-7-21(26)8-6-20/h4-9,12-14,16H,10-11,15H2,1-3H3/b19-12-. The SMILES string of the molecule is COc1cc(/C=C2/CCON3C2=NCC3(C)c2ccc(F)cc2)ccc1-n1cnc(C)c1. The smallest absolute Gasteiger partial charge is 0.152 e. The van der Waals surface area contributed by atoms with Crippen LogP contribution >= 0.6 is 0 Å². The molecule has 0 amide bonds. The van der Waals surface area contributed by atoms with Crippen LogP contribution in [0.5, 0.6) is 5.75 Å². The summed E-state index contributed by atoms with van der Waals surface area (Å²) in [6.45, 7) is 5.14. The van der Waals surface area contributed by atoms with Crippen molar-refractivity contribution < 1.29 is 14.0 Å². The van der Waals surface area contributed by atoms with Crippen LogP contribution in [0.1, 0.15) is 30.2 Å². The number of hydrogen-bond donors (Lipinski definition) is 0. The Balaban J connectivity index is 1.45. The van der Waals surface area contributed by atoms with Gasteiger partial charge >= 0.3 is 0 Å². The van der Waals surface area contributed by atoms with E-state index in [2.05, 4.69) is 24.1 Å². The summed E-state index contributed by atoms with van der Waals surface area (Å²) in [6, 6.07) is 12.7. The minimum Gasteiger partial charge on any atom is -0.495 e. The van der Waals surface area contributed by atoms with Crippen LogP contribution in [0, 0.1) is 12.7 Å². The number of amidine groups is 1. The normalized spacial score (nSPS) is 21.6. The average molecular weight is 432 g/mol. The van der Waals surface area contributed by atoms with Crippen molar-refractivity contribution in [2.75, 3.05) is 20.3 Å². The Bertz CT molecular complexity index is 1210. The maximum atomic E-state index is 13.4. The fourth-order valence-corrected chi connectivity index (χ4v) is 4.29. The molecule has 1 atom stereocenters. The lowest BCUT2D eigenvalue weighted by atomic mass is 9.92. The van der Waals surface area contributed by atoms with Crippen LogP contribution in [0.2, 0.25) is 0 Å². The number of methoxy groups -OCH3 is 1. The van der Waals surface area contributed by atoms with Gasteiger partial charge in [-0.3, -0.25) is 9.83 Å². The van der Waals surface area contributed by atoms with Gasteiger partial charge in [0.2, 0.25) is 0 Å². The first-order valence-corrected chi connectivity index (χ1v) is 10.6. The van der Waals surface area contributed by atoms with E-state index in [0.717, 1.165) is 46.1 Å². The van der Waals surface area contributed by atoms with E-state index in [-0.39, 0.29) is 5.82 Å². The number of aryl methyl sites for hydroxylation is 1. The molecule has 3 aromatic rings. The summed E-state index contributed by atoms with van der Waals surface area (Å²) >= 11 is 0. The number of benzene rings is 2. The summed E-state index contributed by atoms with van der Waals surface area (Å²) in [6.07, 6.45) is 6.65. The number of hydroxylamine groups is 2. The third kappa shape index (κ3) is 3.48. The van der Waals surface area contributed by atoms with Gasteiger partial charge in [-0.15, -0.1) is 0 Å². The molecule has 6 nitrogen and oxygen atoms in total. The van der Waals surface area contributed by atoms with Crippen molar-refractivity contribution >= 4 is 11.9 Å². The molecule has 0 bridgehead atoms. The molecule has 0 N–H and O–H groups in total. The zero-order chi connectivity index (χ0) is 22.3. The van der Waals surface area contributed by atoms with Gasteiger partial charge in [-0.2, -0.15) is 0 Å². The van der Waals surface area contributed by atoms with Crippen LogP contribution < -0.4 is 4.74 Å². The predicted molar refractivity (Wildman–Crippen MR) is 121 cm³/mol. The van der Waals surface area contributed by atoms with Crippen molar-refractivity contribution in [2.45, 2.75) is 25.8 Å². The number of nitrogens with zero attached hydrogens (tertiary/aromatic N) is 4. The maximum Gasteiger partial charge on any atom is 0.152 e. The predicted octanol–water partition coefficient (Wildman–Crippen LogP) is 4.68. The van der Waals surface area contributed by atoms with Crippen molar-refractivity contribution in [3.05, 3.63) is 83.2 Å². The monoisotopic (exact) mass is 432 g/mol. The molecule has 7 heteroatoms. The number of aliphatic imine (C=N–C) groups is 1. The first-order chi connectivity index (χ1) is 15.5. The Morgan fingerprint density at radius 3 is 2.72 bits per heavy atom. The summed E-state index contributed by atoms with van der Waals surface area (Å²) in [5.74, 6) is 1.35. The van der Waals surface area contributed by atoms with Gasteiger partial charge in [0.1, 0.15) is 17.1 Å². The van der Waals surface area contributed by atoms with Crippen molar-refractivity contribution in [3.63, 3.8) is 0 Å². The minimum absolute atomic E-state index is 0.250. The summed E-state index contributed by atoms with van der Waals surface area (Å²) in [7, 11) is 1.67. The molecule has 1 fully saturated rings. The van der Waals surface area contributed by atoms with Crippen LogP contribution in [-0.4, -0.2) is 40.7 Å². The van der Waals surface area contributed by atoms with E-state index in [9.17, 15) is 4.39 Å². The first-order valence-electron chi connectivity index (χ1n) is 10.6. The molecule has 1 aromatic heterocycles. The third-order valence-electron chi connectivity index (χ3n) is 6.06. The van der Waals surface area contributed by atoms with Gasteiger partial charge in [-0.05, 0) is 60.9 Å². The lowest BCUT2D eigenvalue weighted by Gasteiger charge is -2.39. The van der Waals surface area contributed by atoms with Gasteiger partial charge in [0, 0.05) is 12.6 Å². The van der Waals surface area contributed by atoms with Crippen LogP contribution in [0.25, 0.3) is 11.8 Å². The molecule has 1 saturated heterocycles. The fraction of sp³-hybridized carbons (Fsp3) is 0.280. The molecule has 1 unspecified atom stereocenters. The molecule has 2 aliphatic rings. The van der Waals surface area contributed by atoms with Gasteiger partial charge in [0.05, 0.1) is 38.0 Å². The number of rotatable bonds is 4. The number of aromatic nitrogens is 2. The van der Waals surface area contributed by atoms with Crippen LogP contribution in [0.3, 0.4) is 0 Å². The van der Waals surface area contributed by atoms with E-state index in [1.807, 2.05) is 34.9 Å². The Kier molecular flexibility index (Phi) is 5.06. The Hall–Kier alpha value is -3.45. The topological polar surface area (TPSA) is 51.9 Å². The van der Waals surface area contributed by atoms with Crippen LogP contribution in [0.4, 0.5) is 4.39 Å². The van der Waals surface area contributed by atoms with Crippen molar-refractivity contribution in [1.82, 2.24) is 14.6 Å². The highest BCUT2D eigenvalue weighted by atomic mass is 19.1. The second-order valence-electron chi connectivity index (χ2n) is 8.32. The van der Waals surface area contributed by atoms with Crippen molar-refractivity contribution in [3.8, 4) is 11.4 Å². The van der Waals surface area contributed by atoms with Gasteiger partial charge in [-0.25, -0.2) is 14.4 Å². The number of halogens is 1.